The number of fused-ring (bicyclic) bond motifs is 3. The normalized spacial score (nSPS) is 16.5. The average Bonchev–Trinajstić information content (AvgIpc) is 3.17. The quantitative estimate of drug-likeness (QED) is 0.361. The summed E-state index contributed by atoms with van der Waals surface area (Å²) in [5.74, 6) is -0.337. The van der Waals surface area contributed by atoms with E-state index in [9.17, 15) is 14.9 Å². The third-order valence-electron chi connectivity index (χ3n) is 6.79. The lowest BCUT2D eigenvalue weighted by atomic mass is 9.86. The van der Waals surface area contributed by atoms with Gasteiger partial charge in [-0.2, -0.15) is 0 Å². The molecule has 0 radical (unpaired) electrons. The molecule has 1 atom stereocenters. The first-order valence-electron chi connectivity index (χ1n) is 11.5. The summed E-state index contributed by atoms with van der Waals surface area (Å²) in [6, 6.07) is 22.6. The van der Waals surface area contributed by atoms with E-state index in [0.29, 0.717) is 5.56 Å². The van der Waals surface area contributed by atoms with Gasteiger partial charge < -0.3 is 10.1 Å². The maximum atomic E-state index is 13.1. The van der Waals surface area contributed by atoms with Gasteiger partial charge in [-0.05, 0) is 41.2 Å². The molecule has 0 bridgehead atoms. The molecular formula is C27H26N2O4. The molecule has 3 aromatic rings. The summed E-state index contributed by atoms with van der Waals surface area (Å²) in [6.07, 6.45) is 3.86. The highest BCUT2D eigenvalue weighted by Gasteiger charge is 2.40. The van der Waals surface area contributed by atoms with Crippen LogP contribution < -0.4 is 5.32 Å². The van der Waals surface area contributed by atoms with E-state index in [4.69, 9.17) is 4.74 Å². The van der Waals surface area contributed by atoms with Crippen molar-refractivity contribution in [2.45, 2.75) is 50.2 Å². The van der Waals surface area contributed by atoms with E-state index < -0.39 is 17.1 Å². The molecule has 33 heavy (non-hydrogen) atoms. The number of alkyl carbamates (subject to hydrolysis) is 1. The highest BCUT2D eigenvalue weighted by Crippen LogP contribution is 2.52. The minimum absolute atomic E-state index is 0.0465. The molecule has 2 aliphatic carbocycles. The van der Waals surface area contributed by atoms with Gasteiger partial charge in [0.05, 0.1) is 16.4 Å². The van der Waals surface area contributed by atoms with Crippen molar-refractivity contribution in [2.75, 3.05) is 0 Å². The van der Waals surface area contributed by atoms with Gasteiger partial charge in [0.1, 0.15) is 6.10 Å². The molecule has 5 rings (SSSR count). The number of amides is 1. The minimum atomic E-state index is -0.833. The Balaban J connectivity index is 1.58. The van der Waals surface area contributed by atoms with Gasteiger partial charge in [0.2, 0.25) is 0 Å². The lowest BCUT2D eigenvalue weighted by Crippen LogP contribution is -2.37. The number of para-hydroxylation sites is 1. The predicted octanol–water partition coefficient (Wildman–Crippen LogP) is 6.51. The number of carbonyl (C=O) groups is 1. The molecular weight excluding hydrogens is 416 g/mol. The molecule has 3 aromatic carbocycles. The molecule has 0 saturated heterocycles. The zero-order valence-electron chi connectivity index (χ0n) is 18.3. The fourth-order valence-corrected chi connectivity index (χ4v) is 5.29. The van der Waals surface area contributed by atoms with Crippen LogP contribution in [0, 0.1) is 10.1 Å². The van der Waals surface area contributed by atoms with Crippen LogP contribution in [-0.4, -0.2) is 17.1 Å². The number of ether oxygens (including phenoxy) is 1. The van der Waals surface area contributed by atoms with E-state index in [1.807, 2.05) is 48.5 Å². The Hall–Kier alpha value is -3.67. The molecule has 2 aliphatic rings. The first-order chi connectivity index (χ1) is 16.1. The topological polar surface area (TPSA) is 81.5 Å². The smallest absolute Gasteiger partial charge is 0.408 e. The van der Waals surface area contributed by atoms with Gasteiger partial charge in [0.15, 0.2) is 0 Å². The Bertz CT molecular complexity index is 1140. The zero-order valence-corrected chi connectivity index (χ0v) is 18.3. The molecule has 1 fully saturated rings. The van der Waals surface area contributed by atoms with E-state index >= 15 is 0 Å². The number of hydrogen-bond donors (Lipinski definition) is 1. The summed E-state index contributed by atoms with van der Waals surface area (Å²) >= 11 is 0. The first kappa shape index (κ1) is 21.2. The minimum Gasteiger partial charge on any atom is -0.440 e. The van der Waals surface area contributed by atoms with Gasteiger partial charge in [0.25, 0.3) is 5.69 Å². The lowest BCUT2D eigenvalue weighted by Gasteiger charge is -2.28. The molecule has 168 valence electrons. The third kappa shape index (κ3) is 4.09. The highest BCUT2D eigenvalue weighted by atomic mass is 16.6. The van der Waals surface area contributed by atoms with Crippen molar-refractivity contribution >= 4 is 11.8 Å². The van der Waals surface area contributed by atoms with Gasteiger partial charge in [0, 0.05) is 12.1 Å². The van der Waals surface area contributed by atoms with Crippen LogP contribution in [0.1, 0.15) is 60.8 Å². The molecule has 6 heteroatoms. The summed E-state index contributed by atoms with van der Waals surface area (Å²) in [5.41, 5.74) is 4.50. The zero-order chi connectivity index (χ0) is 22.8. The number of carbonyl (C=O) groups excluding carboxylic acids is 1. The first-order valence-corrected chi connectivity index (χ1v) is 11.5. The lowest BCUT2D eigenvalue weighted by molar-refractivity contribution is -0.386. The second kappa shape index (κ2) is 9.06. The van der Waals surface area contributed by atoms with Crippen LogP contribution in [-0.2, 0) is 4.74 Å². The van der Waals surface area contributed by atoms with Crippen LogP contribution in [0.4, 0.5) is 10.5 Å². The standard InChI is InChI=1S/C27H26N2O4/c30-27(28-18-10-2-1-3-11-18)33-26(23-16-8-9-17-24(23)29(31)32)25-21-14-6-4-12-19(21)20-13-5-7-15-22(20)25/h4-9,12-18,25-26H,1-3,10-11H2,(H,28,30). The summed E-state index contributed by atoms with van der Waals surface area (Å²) < 4.78 is 6.07. The molecule has 0 heterocycles. The van der Waals surface area contributed by atoms with Gasteiger partial charge in [-0.3, -0.25) is 10.1 Å². The summed E-state index contributed by atoms with van der Waals surface area (Å²) in [6.45, 7) is 0. The maximum absolute atomic E-state index is 13.1. The number of nitrogens with zero attached hydrogens (tertiary/aromatic N) is 1. The van der Waals surface area contributed by atoms with E-state index in [-0.39, 0.29) is 17.6 Å². The molecule has 1 N–H and O–H groups in total. The van der Waals surface area contributed by atoms with Gasteiger partial charge in [-0.1, -0.05) is 79.9 Å². The van der Waals surface area contributed by atoms with Crippen LogP contribution >= 0.6 is 0 Å². The van der Waals surface area contributed by atoms with Crippen molar-refractivity contribution in [1.82, 2.24) is 5.32 Å². The second-order valence-corrected chi connectivity index (χ2v) is 8.77. The van der Waals surface area contributed by atoms with E-state index in [0.717, 1.165) is 47.9 Å². The molecule has 1 unspecified atom stereocenters. The Morgan fingerprint density at radius 2 is 1.45 bits per heavy atom. The third-order valence-corrected chi connectivity index (χ3v) is 6.79. The number of nitro groups is 1. The molecule has 0 spiro atoms. The fraction of sp³-hybridized carbons (Fsp3) is 0.296. The van der Waals surface area contributed by atoms with Crippen LogP contribution in [0.3, 0.4) is 0 Å². The van der Waals surface area contributed by atoms with E-state index in [1.165, 1.54) is 12.5 Å². The maximum Gasteiger partial charge on any atom is 0.408 e. The van der Waals surface area contributed by atoms with Gasteiger partial charge >= 0.3 is 6.09 Å². The molecule has 1 amide bonds. The number of benzene rings is 3. The van der Waals surface area contributed by atoms with E-state index in [2.05, 4.69) is 5.32 Å². The number of hydrogen-bond acceptors (Lipinski definition) is 4. The average molecular weight is 443 g/mol. The largest absolute Gasteiger partial charge is 0.440 e. The Kier molecular flexibility index (Phi) is 5.82. The van der Waals surface area contributed by atoms with Crippen molar-refractivity contribution in [2.24, 2.45) is 0 Å². The summed E-state index contributed by atoms with van der Waals surface area (Å²) in [5, 5.41) is 14.9. The molecule has 0 aliphatic heterocycles. The second-order valence-electron chi connectivity index (χ2n) is 8.77. The van der Waals surface area contributed by atoms with Crippen molar-refractivity contribution in [3.63, 3.8) is 0 Å². The Morgan fingerprint density at radius 3 is 2.09 bits per heavy atom. The number of nitrogens with one attached hydrogen (secondary N) is 1. The van der Waals surface area contributed by atoms with Crippen LogP contribution in [0.2, 0.25) is 0 Å². The Morgan fingerprint density at radius 1 is 0.879 bits per heavy atom. The highest BCUT2D eigenvalue weighted by molar-refractivity contribution is 5.80. The van der Waals surface area contributed by atoms with Crippen molar-refractivity contribution in [3.05, 3.63) is 99.6 Å². The number of rotatable bonds is 5. The molecule has 0 aromatic heterocycles. The number of nitro benzene ring substituents is 1. The van der Waals surface area contributed by atoms with Crippen molar-refractivity contribution < 1.29 is 14.5 Å². The van der Waals surface area contributed by atoms with E-state index in [1.54, 1.807) is 18.2 Å². The van der Waals surface area contributed by atoms with Crippen molar-refractivity contribution in [1.29, 1.82) is 0 Å². The van der Waals surface area contributed by atoms with Gasteiger partial charge in [-0.15, -0.1) is 0 Å². The summed E-state index contributed by atoms with van der Waals surface area (Å²) in [7, 11) is 0. The fourth-order valence-electron chi connectivity index (χ4n) is 5.29. The summed E-state index contributed by atoms with van der Waals surface area (Å²) in [4.78, 5) is 24.5. The van der Waals surface area contributed by atoms with Crippen molar-refractivity contribution in [3.8, 4) is 11.1 Å². The van der Waals surface area contributed by atoms with Crippen LogP contribution in [0.15, 0.2) is 72.8 Å². The predicted molar refractivity (Wildman–Crippen MR) is 126 cm³/mol. The SMILES string of the molecule is O=C(NC1CCCCC1)OC(c1ccccc1[N+](=O)[O-])C1c2ccccc2-c2ccccc21. The molecule has 6 nitrogen and oxygen atoms in total. The monoisotopic (exact) mass is 442 g/mol. The Labute approximate surface area is 192 Å². The van der Waals surface area contributed by atoms with Gasteiger partial charge in [-0.25, -0.2) is 4.79 Å². The molecule has 1 saturated carbocycles. The van der Waals surface area contributed by atoms with Crippen LogP contribution in [0.5, 0.6) is 0 Å². The van der Waals surface area contributed by atoms with Crippen LogP contribution in [0.25, 0.3) is 11.1 Å².